The lowest BCUT2D eigenvalue weighted by Gasteiger charge is -2.22. The van der Waals surface area contributed by atoms with Crippen LogP contribution in [0.15, 0.2) is 24.3 Å². The number of ether oxygens (including phenoxy) is 1. The van der Waals surface area contributed by atoms with E-state index in [1.54, 1.807) is 6.07 Å². The second-order valence-electron chi connectivity index (χ2n) is 4.92. The molecule has 2 rings (SSSR count). The fourth-order valence-electron chi connectivity index (χ4n) is 2.51. The van der Waals surface area contributed by atoms with Crippen molar-refractivity contribution in [2.24, 2.45) is 5.92 Å². The number of esters is 1. The van der Waals surface area contributed by atoms with Gasteiger partial charge in [-0.3, -0.25) is 0 Å². The Morgan fingerprint density at radius 3 is 2.89 bits per heavy atom. The van der Waals surface area contributed by atoms with Gasteiger partial charge in [0.05, 0.1) is 12.7 Å². The van der Waals surface area contributed by atoms with Crippen LogP contribution in [0.3, 0.4) is 0 Å². The molecule has 1 N–H and O–H groups in total. The number of hydrogen-bond acceptors (Lipinski definition) is 3. The van der Waals surface area contributed by atoms with Gasteiger partial charge in [0.15, 0.2) is 0 Å². The maximum Gasteiger partial charge on any atom is 0.337 e. The van der Waals surface area contributed by atoms with Crippen LogP contribution in [-0.2, 0) is 11.2 Å². The van der Waals surface area contributed by atoms with E-state index >= 15 is 0 Å². The van der Waals surface area contributed by atoms with Crippen molar-refractivity contribution in [2.45, 2.75) is 25.7 Å². The first-order valence-electron chi connectivity index (χ1n) is 6.67. The standard InChI is InChI=1S/C15H21NO2/c1-18-15(17)14-4-2-3-13(11-14)6-5-12-7-9-16-10-8-12/h2-4,11-12,16H,5-10H2,1H3. The van der Waals surface area contributed by atoms with E-state index in [-0.39, 0.29) is 5.97 Å². The zero-order chi connectivity index (χ0) is 12.8. The molecule has 1 fully saturated rings. The topological polar surface area (TPSA) is 38.3 Å². The molecule has 1 aromatic rings. The molecule has 3 nitrogen and oxygen atoms in total. The van der Waals surface area contributed by atoms with Crippen molar-refractivity contribution in [2.75, 3.05) is 20.2 Å². The summed E-state index contributed by atoms with van der Waals surface area (Å²) in [6, 6.07) is 7.78. The summed E-state index contributed by atoms with van der Waals surface area (Å²) in [7, 11) is 1.42. The van der Waals surface area contributed by atoms with Crippen molar-refractivity contribution >= 4 is 5.97 Å². The molecule has 3 heteroatoms. The van der Waals surface area contributed by atoms with E-state index < -0.39 is 0 Å². The quantitative estimate of drug-likeness (QED) is 0.830. The first-order chi connectivity index (χ1) is 8.79. The average Bonchev–Trinajstić information content (AvgIpc) is 2.45. The van der Waals surface area contributed by atoms with E-state index in [1.807, 2.05) is 12.1 Å². The molecule has 1 aromatic carbocycles. The summed E-state index contributed by atoms with van der Waals surface area (Å²) < 4.78 is 4.74. The average molecular weight is 247 g/mol. The Hall–Kier alpha value is -1.35. The highest BCUT2D eigenvalue weighted by atomic mass is 16.5. The summed E-state index contributed by atoms with van der Waals surface area (Å²) in [5.41, 5.74) is 1.89. The zero-order valence-corrected chi connectivity index (χ0v) is 10.9. The lowest BCUT2D eigenvalue weighted by atomic mass is 9.91. The Morgan fingerprint density at radius 1 is 1.39 bits per heavy atom. The van der Waals surface area contributed by atoms with Crippen molar-refractivity contribution in [1.29, 1.82) is 0 Å². The van der Waals surface area contributed by atoms with Gasteiger partial charge in [-0.15, -0.1) is 0 Å². The van der Waals surface area contributed by atoms with Gasteiger partial charge in [0.1, 0.15) is 0 Å². The molecule has 0 saturated carbocycles. The third kappa shape index (κ3) is 3.57. The third-order valence-corrected chi connectivity index (χ3v) is 3.65. The summed E-state index contributed by atoms with van der Waals surface area (Å²) in [5.74, 6) is 0.576. The number of rotatable bonds is 4. The summed E-state index contributed by atoms with van der Waals surface area (Å²) >= 11 is 0. The second-order valence-corrected chi connectivity index (χ2v) is 4.92. The van der Waals surface area contributed by atoms with Crippen molar-refractivity contribution < 1.29 is 9.53 Å². The van der Waals surface area contributed by atoms with Crippen LogP contribution < -0.4 is 5.32 Å². The largest absolute Gasteiger partial charge is 0.465 e. The number of methoxy groups -OCH3 is 1. The number of carbonyl (C=O) groups is 1. The number of aryl methyl sites for hydroxylation is 1. The first-order valence-corrected chi connectivity index (χ1v) is 6.67. The SMILES string of the molecule is COC(=O)c1cccc(CCC2CCNCC2)c1. The minimum Gasteiger partial charge on any atom is -0.465 e. The van der Waals surface area contributed by atoms with Crippen LogP contribution in [0.2, 0.25) is 0 Å². The fraction of sp³-hybridized carbons (Fsp3) is 0.533. The van der Waals surface area contributed by atoms with Gasteiger partial charge in [0, 0.05) is 0 Å². The van der Waals surface area contributed by atoms with Crippen LogP contribution in [0.4, 0.5) is 0 Å². The molecular weight excluding hydrogens is 226 g/mol. The Labute approximate surface area is 109 Å². The normalized spacial score (nSPS) is 16.5. The lowest BCUT2D eigenvalue weighted by molar-refractivity contribution is 0.0600. The Bertz CT molecular complexity index is 397. The predicted molar refractivity (Wildman–Crippen MR) is 71.7 cm³/mol. The summed E-state index contributed by atoms with van der Waals surface area (Å²) in [5, 5.41) is 3.38. The molecule has 0 amide bonds. The predicted octanol–water partition coefficient (Wildman–Crippen LogP) is 2.41. The lowest BCUT2D eigenvalue weighted by Crippen LogP contribution is -2.27. The van der Waals surface area contributed by atoms with Crippen LogP contribution >= 0.6 is 0 Å². The molecule has 0 atom stereocenters. The maximum atomic E-state index is 11.4. The second kappa shape index (κ2) is 6.55. The Balaban J connectivity index is 1.90. The van der Waals surface area contributed by atoms with Crippen LogP contribution in [-0.4, -0.2) is 26.2 Å². The number of benzene rings is 1. The molecule has 0 aliphatic carbocycles. The summed E-state index contributed by atoms with van der Waals surface area (Å²) in [6.45, 7) is 2.29. The van der Waals surface area contributed by atoms with Crippen molar-refractivity contribution in [3.05, 3.63) is 35.4 Å². The molecule has 18 heavy (non-hydrogen) atoms. The third-order valence-electron chi connectivity index (χ3n) is 3.65. The molecule has 1 heterocycles. The molecule has 0 unspecified atom stereocenters. The van der Waals surface area contributed by atoms with Crippen molar-refractivity contribution in [1.82, 2.24) is 5.32 Å². The van der Waals surface area contributed by atoms with Crippen molar-refractivity contribution in [3.63, 3.8) is 0 Å². The van der Waals surface area contributed by atoms with E-state index in [0.717, 1.165) is 25.4 Å². The molecule has 0 radical (unpaired) electrons. The van der Waals surface area contributed by atoms with Gasteiger partial charge in [0.25, 0.3) is 0 Å². The number of hydrogen-bond donors (Lipinski definition) is 1. The fourth-order valence-corrected chi connectivity index (χ4v) is 2.51. The Morgan fingerprint density at radius 2 is 2.17 bits per heavy atom. The molecule has 98 valence electrons. The van der Waals surface area contributed by atoms with Gasteiger partial charge < -0.3 is 10.1 Å². The van der Waals surface area contributed by atoms with Crippen LogP contribution in [0, 0.1) is 5.92 Å². The molecule has 1 saturated heterocycles. The molecule has 0 bridgehead atoms. The number of nitrogens with one attached hydrogen (secondary N) is 1. The van der Waals surface area contributed by atoms with Gasteiger partial charge in [-0.1, -0.05) is 12.1 Å². The highest BCUT2D eigenvalue weighted by molar-refractivity contribution is 5.89. The Kier molecular flexibility index (Phi) is 4.76. The molecular formula is C15H21NO2. The van der Waals surface area contributed by atoms with Gasteiger partial charge >= 0.3 is 5.97 Å². The van der Waals surface area contributed by atoms with Crippen molar-refractivity contribution in [3.8, 4) is 0 Å². The molecule has 0 aromatic heterocycles. The summed E-state index contributed by atoms with van der Waals surface area (Å²) in [4.78, 5) is 11.4. The van der Waals surface area contributed by atoms with Crippen LogP contribution in [0.5, 0.6) is 0 Å². The number of piperidine rings is 1. The van der Waals surface area contributed by atoms with E-state index in [0.29, 0.717) is 5.56 Å². The van der Waals surface area contributed by atoms with Gasteiger partial charge in [0.2, 0.25) is 0 Å². The van der Waals surface area contributed by atoms with E-state index in [1.165, 1.54) is 31.9 Å². The van der Waals surface area contributed by atoms with Gasteiger partial charge in [-0.05, 0) is 62.4 Å². The molecule has 1 aliphatic heterocycles. The maximum absolute atomic E-state index is 11.4. The van der Waals surface area contributed by atoms with Crippen LogP contribution in [0.1, 0.15) is 35.2 Å². The minimum absolute atomic E-state index is 0.251. The smallest absolute Gasteiger partial charge is 0.337 e. The van der Waals surface area contributed by atoms with E-state index in [9.17, 15) is 4.79 Å². The monoisotopic (exact) mass is 247 g/mol. The first kappa shape index (κ1) is 13.1. The van der Waals surface area contributed by atoms with E-state index in [2.05, 4.69) is 11.4 Å². The van der Waals surface area contributed by atoms with Gasteiger partial charge in [-0.2, -0.15) is 0 Å². The summed E-state index contributed by atoms with van der Waals surface area (Å²) in [6.07, 6.45) is 4.81. The minimum atomic E-state index is -0.251. The molecule has 1 aliphatic rings. The van der Waals surface area contributed by atoms with Crippen LogP contribution in [0.25, 0.3) is 0 Å². The van der Waals surface area contributed by atoms with E-state index in [4.69, 9.17) is 4.74 Å². The number of carbonyl (C=O) groups excluding carboxylic acids is 1. The molecule has 0 spiro atoms. The highest BCUT2D eigenvalue weighted by Gasteiger charge is 2.13. The van der Waals surface area contributed by atoms with Gasteiger partial charge in [-0.25, -0.2) is 4.79 Å². The highest BCUT2D eigenvalue weighted by Crippen LogP contribution is 2.19. The zero-order valence-electron chi connectivity index (χ0n) is 10.9.